The largest absolute Gasteiger partial charge is 0.462 e. The summed E-state index contributed by atoms with van der Waals surface area (Å²) < 4.78 is 7.26. The second-order valence-corrected chi connectivity index (χ2v) is 7.17. The van der Waals surface area contributed by atoms with Crippen LogP contribution in [0, 0.1) is 10.5 Å². The van der Waals surface area contributed by atoms with Crippen molar-refractivity contribution in [1.29, 1.82) is 0 Å². The van der Waals surface area contributed by atoms with Gasteiger partial charge >= 0.3 is 5.97 Å². The number of hydrogen-bond acceptors (Lipinski definition) is 6. The first kappa shape index (κ1) is 18.6. The highest BCUT2D eigenvalue weighted by Crippen LogP contribution is 2.34. The lowest BCUT2D eigenvalue weighted by atomic mass is 10.1. The zero-order valence-electron chi connectivity index (χ0n) is 13.6. The molecule has 0 radical (unpaired) electrons. The van der Waals surface area contributed by atoms with Crippen LogP contribution in [0.4, 0.5) is 5.00 Å². The molecule has 0 saturated carbocycles. The van der Waals surface area contributed by atoms with E-state index in [2.05, 4.69) is 10.4 Å². The maximum absolute atomic E-state index is 12.4. The molecule has 0 aliphatic heterocycles. The molecule has 2 heterocycles. The number of ketones is 1. The third kappa shape index (κ3) is 3.66. The molecule has 9 heteroatoms. The average molecular weight is 461 g/mol. The predicted octanol–water partition coefficient (Wildman–Crippen LogP) is 3.03. The Hall–Kier alpha value is -1.75. The molecule has 0 aliphatic rings. The standard InChI is InChI=1S/C15H16IN3O4S/c1-5-23-15(22)10-7(2)12(8(3)20)24-14(10)17-13(21)11-9(16)6-19(4)18-11/h6H,5H2,1-4H3,(H,17,21). The molecule has 2 aromatic heterocycles. The minimum absolute atomic E-state index is 0.170. The van der Waals surface area contributed by atoms with Crippen LogP contribution in [-0.2, 0) is 11.8 Å². The van der Waals surface area contributed by atoms with Crippen LogP contribution < -0.4 is 5.32 Å². The van der Waals surface area contributed by atoms with Crippen LogP contribution in [0.5, 0.6) is 0 Å². The van der Waals surface area contributed by atoms with Crippen molar-refractivity contribution >= 4 is 56.6 Å². The number of thiophene rings is 1. The molecule has 0 spiro atoms. The topological polar surface area (TPSA) is 90.3 Å². The van der Waals surface area contributed by atoms with Crippen molar-refractivity contribution in [2.75, 3.05) is 11.9 Å². The Bertz CT molecular complexity index is 825. The van der Waals surface area contributed by atoms with Crippen molar-refractivity contribution < 1.29 is 19.1 Å². The van der Waals surface area contributed by atoms with E-state index in [1.165, 1.54) is 11.6 Å². The molecular formula is C15H16IN3O4S. The molecule has 0 aliphatic carbocycles. The van der Waals surface area contributed by atoms with Gasteiger partial charge in [0.25, 0.3) is 5.91 Å². The molecule has 7 nitrogen and oxygen atoms in total. The van der Waals surface area contributed by atoms with E-state index in [1.54, 1.807) is 27.1 Å². The van der Waals surface area contributed by atoms with Gasteiger partial charge in [0.15, 0.2) is 11.5 Å². The van der Waals surface area contributed by atoms with Crippen LogP contribution in [0.15, 0.2) is 6.20 Å². The number of ether oxygens (including phenoxy) is 1. The Morgan fingerprint density at radius 1 is 1.42 bits per heavy atom. The minimum Gasteiger partial charge on any atom is -0.462 e. The Kier molecular flexibility index (Phi) is 5.75. The quantitative estimate of drug-likeness (QED) is 0.420. The fraction of sp³-hybridized carbons (Fsp3) is 0.333. The Morgan fingerprint density at radius 2 is 2.08 bits per heavy atom. The highest BCUT2D eigenvalue weighted by molar-refractivity contribution is 14.1. The van der Waals surface area contributed by atoms with Crippen molar-refractivity contribution in [3.05, 3.63) is 31.5 Å². The molecule has 128 valence electrons. The summed E-state index contributed by atoms with van der Waals surface area (Å²) in [6, 6.07) is 0. The van der Waals surface area contributed by atoms with Gasteiger partial charge in [-0.3, -0.25) is 14.3 Å². The van der Waals surface area contributed by atoms with E-state index in [9.17, 15) is 14.4 Å². The molecular weight excluding hydrogens is 445 g/mol. The Labute approximate surface area is 156 Å². The molecule has 0 atom stereocenters. The molecule has 1 amide bonds. The summed E-state index contributed by atoms with van der Waals surface area (Å²) in [6.07, 6.45) is 1.71. The monoisotopic (exact) mass is 461 g/mol. The summed E-state index contributed by atoms with van der Waals surface area (Å²) >= 11 is 3.08. The van der Waals surface area contributed by atoms with Gasteiger partial charge in [0.1, 0.15) is 5.00 Å². The third-order valence-electron chi connectivity index (χ3n) is 3.17. The van der Waals surface area contributed by atoms with Crippen LogP contribution in [0.3, 0.4) is 0 Å². The van der Waals surface area contributed by atoms with Gasteiger partial charge in [-0.15, -0.1) is 11.3 Å². The molecule has 0 fully saturated rings. The van der Waals surface area contributed by atoms with Crippen molar-refractivity contribution in [3.8, 4) is 0 Å². The number of nitrogens with one attached hydrogen (secondary N) is 1. The highest BCUT2D eigenvalue weighted by atomic mass is 127. The van der Waals surface area contributed by atoms with Crippen molar-refractivity contribution in [2.45, 2.75) is 20.8 Å². The molecule has 0 aromatic carbocycles. The number of hydrogen-bond donors (Lipinski definition) is 1. The first-order chi connectivity index (χ1) is 11.3. The van der Waals surface area contributed by atoms with E-state index < -0.39 is 11.9 Å². The van der Waals surface area contributed by atoms with Crippen molar-refractivity contribution in [3.63, 3.8) is 0 Å². The SMILES string of the molecule is CCOC(=O)c1c(NC(=O)c2nn(C)cc2I)sc(C(C)=O)c1C. The number of rotatable bonds is 5. The summed E-state index contributed by atoms with van der Waals surface area (Å²) in [7, 11) is 1.71. The number of anilines is 1. The van der Waals surface area contributed by atoms with Crippen LogP contribution in [0.1, 0.15) is 49.9 Å². The van der Waals surface area contributed by atoms with E-state index >= 15 is 0 Å². The van der Waals surface area contributed by atoms with E-state index in [0.29, 0.717) is 19.0 Å². The predicted molar refractivity (Wildman–Crippen MR) is 98.9 cm³/mol. The van der Waals surface area contributed by atoms with Gasteiger partial charge in [0, 0.05) is 13.2 Å². The lowest BCUT2D eigenvalue weighted by molar-refractivity contribution is 0.0527. The number of amides is 1. The number of esters is 1. The highest BCUT2D eigenvalue weighted by Gasteiger charge is 2.26. The number of carbonyl (C=O) groups is 3. The summed E-state index contributed by atoms with van der Waals surface area (Å²) in [5.41, 5.74) is 0.978. The second kappa shape index (κ2) is 7.43. The van der Waals surface area contributed by atoms with Gasteiger partial charge in [-0.05, 0) is 48.9 Å². The average Bonchev–Trinajstić information content (AvgIpc) is 2.98. The first-order valence-corrected chi connectivity index (χ1v) is 8.97. The second-order valence-electron chi connectivity index (χ2n) is 4.99. The van der Waals surface area contributed by atoms with Crippen molar-refractivity contribution in [2.24, 2.45) is 7.05 Å². The summed E-state index contributed by atoms with van der Waals surface area (Å²) in [4.78, 5) is 36.8. The zero-order chi connectivity index (χ0) is 18.0. The maximum atomic E-state index is 12.4. The lowest BCUT2D eigenvalue weighted by Crippen LogP contribution is -2.16. The summed E-state index contributed by atoms with van der Waals surface area (Å²) in [5.74, 6) is -1.18. The van der Waals surface area contributed by atoms with E-state index in [0.717, 1.165) is 11.3 Å². The third-order valence-corrected chi connectivity index (χ3v) is 5.27. The molecule has 0 saturated heterocycles. The molecule has 2 aromatic rings. The zero-order valence-corrected chi connectivity index (χ0v) is 16.6. The van der Waals surface area contributed by atoms with Crippen LogP contribution in [-0.4, -0.2) is 34.0 Å². The first-order valence-electron chi connectivity index (χ1n) is 7.08. The smallest absolute Gasteiger partial charge is 0.341 e. The van der Waals surface area contributed by atoms with Crippen LogP contribution >= 0.6 is 33.9 Å². The Morgan fingerprint density at radius 3 is 2.58 bits per heavy atom. The molecule has 1 N–H and O–H groups in total. The van der Waals surface area contributed by atoms with Gasteiger partial charge in [-0.25, -0.2) is 4.79 Å². The van der Waals surface area contributed by atoms with Gasteiger partial charge < -0.3 is 10.1 Å². The minimum atomic E-state index is -0.565. The van der Waals surface area contributed by atoms with Crippen LogP contribution in [0.2, 0.25) is 0 Å². The van der Waals surface area contributed by atoms with Gasteiger partial charge in [0.05, 0.1) is 20.6 Å². The number of aromatic nitrogens is 2. The number of carbonyl (C=O) groups excluding carboxylic acids is 3. The van der Waals surface area contributed by atoms with Crippen molar-refractivity contribution in [1.82, 2.24) is 9.78 Å². The van der Waals surface area contributed by atoms with E-state index in [-0.39, 0.29) is 23.6 Å². The molecule has 0 bridgehead atoms. The number of halogens is 1. The number of Topliss-reactive ketones (excluding diaryl/α,β-unsaturated/α-hetero) is 1. The number of aryl methyl sites for hydroxylation is 1. The molecule has 0 unspecified atom stereocenters. The lowest BCUT2D eigenvalue weighted by Gasteiger charge is -2.06. The van der Waals surface area contributed by atoms with Crippen LogP contribution in [0.25, 0.3) is 0 Å². The molecule has 2 rings (SSSR count). The fourth-order valence-electron chi connectivity index (χ4n) is 2.16. The summed E-state index contributed by atoms with van der Waals surface area (Å²) in [6.45, 7) is 4.98. The van der Waals surface area contributed by atoms with E-state index in [1.807, 2.05) is 22.6 Å². The fourth-order valence-corrected chi connectivity index (χ4v) is 4.00. The van der Waals surface area contributed by atoms with Gasteiger partial charge in [-0.1, -0.05) is 0 Å². The normalized spacial score (nSPS) is 10.5. The van der Waals surface area contributed by atoms with Gasteiger partial charge in [0.2, 0.25) is 0 Å². The maximum Gasteiger partial charge on any atom is 0.341 e. The number of nitrogens with zero attached hydrogens (tertiary/aromatic N) is 2. The van der Waals surface area contributed by atoms with E-state index in [4.69, 9.17) is 4.74 Å². The Balaban J connectivity index is 2.43. The molecule has 24 heavy (non-hydrogen) atoms. The summed E-state index contributed by atoms with van der Waals surface area (Å²) in [5, 5.41) is 7.08. The van der Waals surface area contributed by atoms with Gasteiger partial charge in [-0.2, -0.15) is 5.10 Å².